The van der Waals surface area contributed by atoms with Gasteiger partial charge in [-0.25, -0.2) is 4.57 Å². The summed E-state index contributed by atoms with van der Waals surface area (Å²) in [5.41, 5.74) is 0. The fraction of sp³-hybridized carbons (Fsp3) is 0.629. The summed E-state index contributed by atoms with van der Waals surface area (Å²) in [6.07, 6.45) is 34.8. The van der Waals surface area contributed by atoms with E-state index in [0.29, 0.717) is 17.4 Å². The van der Waals surface area contributed by atoms with Gasteiger partial charge in [-0.1, -0.05) is 99.6 Å². The molecule has 0 aliphatic heterocycles. The van der Waals surface area contributed by atoms with E-state index in [1.807, 2.05) is 34.1 Å². The highest BCUT2D eigenvalue weighted by Gasteiger charge is 2.27. The monoisotopic (exact) mass is 637 g/mol. The lowest BCUT2D eigenvalue weighted by atomic mass is 10.1. The molecule has 0 aromatic heterocycles. The van der Waals surface area contributed by atoms with E-state index >= 15 is 0 Å². The van der Waals surface area contributed by atoms with Gasteiger partial charge in [-0.2, -0.15) is 0 Å². The number of unbranched alkanes of at least 4 members (excludes halogenated alkanes) is 4. The first-order valence-corrected chi connectivity index (χ1v) is 17.8. The van der Waals surface area contributed by atoms with Crippen LogP contribution in [-0.2, 0) is 18.4 Å². The fourth-order valence-electron chi connectivity index (χ4n) is 3.78. The highest BCUT2D eigenvalue weighted by Crippen LogP contribution is 2.43. The number of quaternary nitrogens is 1. The number of nitrogens with zero attached hydrogens (tertiary/aromatic N) is 1. The summed E-state index contributed by atoms with van der Waals surface area (Å²) >= 11 is 0. The molecule has 0 heterocycles. The Balaban J connectivity index is 4.32. The molecule has 0 fully saturated rings. The standard InChI is InChI=1S/C35H61N2O6P/c1-6-8-10-11-12-13-14-15-16-17-18-19-20-21-22-23-24-25-27-29-35(39)36-33(34(38)28-26-9-7-2)32-43-44(40,41)42-31-30-37(3,4)5/h8,10,12-13,15-16,18-19,21-22,26,28,33-34,38H,6-7,9,11,14,17,20,23-25,27,29-32H2,1-5H3,(H-,36,39,40,41)/p+1/b10-8-,13-12-,16-15-,19-18-,22-21-,28-26+. The highest BCUT2D eigenvalue weighted by atomic mass is 31.2. The van der Waals surface area contributed by atoms with E-state index in [9.17, 15) is 19.4 Å². The van der Waals surface area contributed by atoms with Crippen molar-refractivity contribution in [2.45, 2.75) is 103 Å². The van der Waals surface area contributed by atoms with Crippen molar-refractivity contribution in [1.29, 1.82) is 0 Å². The third-order valence-corrected chi connectivity index (χ3v) is 7.40. The zero-order valence-corrected chi connectivity index (χ0v) is 29.0. The van der Waals surface area contributed by atoms with Crippen molar-refractivity contribution >= 4 is 13.7 Å². The van der Waals surface area contributed by atoms with E-state index in [2.05, 4.69) is 73.0 Å². The molecule has 0 saturated carbocycles. The van der Waals surface area contributed by atoms with Crippen molar-refractivity contribution in [2.24, 2.45) is 0 Å². The maximum absolute atomic E-state index is 12.6. The molecule has 0 radical (unpaired) electrons. The van der Waals surface area contributed by atoms with E-state index in [1.165, 1.54) is 0 Å². The number of amides is 1. The van der Waals surface area contributed by atoms with Gasteiger partial charge in [0.2, 0.25) is 5.91 Å². The molecule has 1 amide bonds. The smallest absolute Gasteiger partial charge is 0.387 e. The van der Waals surface area contributed by atoms with Crippen molar-refractivity contribution in [2.75, 3.05) is 40.9 Å². The van der Waals surface area contributed by atoms with Crippen molar-refractivity contribution in [3.63, 3.8) is 0 Å². The van der Waals surface area contributed by atoms with Crippen LogP contribution in [-0.4, -0.2) is 73.4 Å². The average molecular weight is 638 g/mol. The zero-order valence-electron chi connectivity index (χ0n) is 28.1. The van der Waals surface area contributed by atoms with Gasteiger partial charge in [0.25, 0.3) is 0 Å². The third kappa shape index (κ3) is 28.7. The Kier molecular flexibility index (Phi) is 26.0. The second-order valence-corrected chi connectivity index (χ2v) is 13.3. The van der Waals surface area contributed by atoms with E-state index < -0.39 is 20.0 Å². The van der Waals surface area contributed by atoms with Crippen LogP contribution in [0.4, 0.5) is 0 Å². The van der Waals surface area contributed by atoms with Crippen molar-refractivity contribution in [1.82, 2.24) is 5.32 Å². The number of carbonyl (C=O) groups is 1. The lowest BCUT2D eigenvalue weighted by molar-refractivity contribution is -0.870. The molecule has 252 valence electrons. The van der Waals surface area contributed by atoms with Crippen LogP contribution in [0.3, 0.4) is 0 Å². The number of likely N-dealkylation sites (N-methyl/N-ethyl adjacent to an activating group) is 1. The number of phosphoric ester groups is 1. The Hall–Kier alpha value is -2.06. The minimum atomic E-state index is -4.32. The number of rotatable bonds is 27. The predicted octanol–water partition coefficient (Wildman–Crippen LogP) is 7.73. The SMILES string of the molecule is CC/C=C\C/C=C\C/C=C\C/C=C\C/C=C\CCCCCC(=O)NC(COP(=O)(O)OCC[N+](C)(C)C)C(O)/C=C/CCC. The Labute approximate surface area is 268 Å². The van der Waals surface area contributed by atoms with Crippen LogP contribution in [0.15, 0.2) is 72.9 Å². The molecule has 0 aromatic carbocycles. The first kappa shape index (κ1) is 41.9. The lowest BCUT2D eigenvalue weighted by Crippen LogP contribution is -2.45. The van der Waals surface area contributed by atoms with Crippen LogP contribution in [0.25, 0.3) is 0 Å². The minimum absolute atomic E-state index is 0.0485. The van der Waals surface area contributed by atoms with Gasteiger partial charge in [-0.15, -0.1) is 0 Å². The summed E-state index contributed by atoms with van der Waals surface area (Å²) in [4.78, 5) is 22.6. The maximum atomic E-state index is 12.6. The molecular weight excluding hydrogens is 575 g/mol. The number of aliphatic hydroxyl groups is 1. The molecule has 0 rings (SSSR count). The van der Waals surface area contributed by atoms with Crippen molar-refractivity contribution in [3.8, 4) is 0 Å². The zero-order chi connectivity index (χ0) is 32.9. The van der Waals surface area contributed by atoms with E-state index in [4.69, 9.17) is 9.05 Å². The molecule has 0 aliphatic rings. The van der Waals surface area contributed by atoms with Crippen molar-refractivity contribution < 1.29 is 32.9 Å². The first-order chi connectivity index (χ1) is 21.0. The van der Waals surface area contributed by atoms with Crippen LogP contribution in [0.5, 0.6) is 0 Å². The first-order valence-electron chi connectivity index (χ1n) is 16.3. The normalized spacial score (nSPS) is 15.9. The van der Waals surface area contributed by atoms with Gasteiger partial charge in [-0.05, 0) is 57.8 Å². The molecule has 3 N–H and O–H groups in total. The third-order valence-electron chi connectivity index (χ3n) is 6.41. The van der Waals surface area contributed by atoms with E-state index in [0.717, 1.165) is 70.6 Å². The quantitative estimate of drug-likeness (QED) is 0.0369. The second kappa shape index (κ2) is 27.3. The predicted molar refractivity (Wildman–Crippen MR) is 184 cm³/mol. The van der Waals surface area contributed by atoms with Crippen LogP contribution in [0.1, 0.15) is 90.9 Å². The highest BCUT2D eigenvalue weighted by molar-refractivity contribution is 7.47. The molecule has 0 bridgehead atoms. The molecule has 9 heteroatoms. The van der Waals surface area contributed by atoms with Gasteiger partial charge in [-0.3, -0.25) is 13.8 Å². The largest absolute Gasteiger partial charge is 0.472 e. The fourth-order valence-corrected chi connectivity index (χ4v) is 4.51. The van der Waals surface area contributed by atoms with Crippen LogP contribution < -0.4 is 5.32 Å². The van der Waals surface area contributed by atoms with E-state index in [1.54, 1.807) is 6.08 Å². The summed E-state index contributed by atoms with van der Waals surface area (Å²) in [5, 5.41) is 13.3. The number of nitrogens with one attached hydrogen (secondary N) is 1. The summed E-state index contributed by atoms with van der Waals surface area (Å²) in [5.74, 6) is -0.227. The summed E-state index contributed by atoms with van der Waals surface area (Å²) in [6.45, 7) is 4.40. The van der Waals surface area contributed by atoms with Gasteiger partial charge in [0, 0.05) is 6.42 Å². The summed E-state index contributed by atoms with van der Waals surface area (Å²) in [6, 6.07) is -0.862. The van der Waals surface area contributed by atoms with Gasteiger partial charge in [0.1, 0.15) is 13.2 Å². The molecule has 3 unspecified atom stereocenters. The molecule has 3 atom stereocenters. The van der Waals surface area contributed by atoms with Gasteiger partial charge < -0.3 is 19.8 Å². The molecule has 0 aromatic rings. The number of allylic oxidation sites excluding steroid dienone is 11. The number of phosphoric acid groups is 1. The number of aliphatic hydroxyl groups excluding tert-OH is 1. The molecule has 44 heavy (non-hydrogen) atoms. The van der Waals surface area contributed by atoms with Crippen LogP contribution in [0.2, 0.25) is 0 Å². The van der Waals surface area contributed by atoms with E-state index in [-0.39, 0.29) is 19.1 Å². The van der Waals surface area contributed by atoms with Gasteiger partial charge >= 0.3 is 7.82 Å². The maximum Gasteiger partial charge on any atom is 0.472 e. The molecule has 0 aliphatic carbocycles. The van der Waals surface area contributed by atoms with Crippen LogP contribution >= 0.6 is 7.82 Å². The van der Waals surface area contributed by atoms with Gasteiger partial charge in [0.15, 0.2) is 0 Å². The molecule has 0 spiro atoms. The minimum Gasteiger partial charge on any atom is -0.387 e. The summed E-state index contributed by atoms with van der Waals surface area (Å²) < 4.78 is 23.1. The lowest BCUT2D eigenvalue weighted by Gasteiger charge is -2.25. The van der Waals surface area contributed by atoms with Crippen molar-refractivity contribution in [3.05, 3.63) is 72.9 Å². The number of hydrogen-bond donors (Lipinski definition) is 3. The number of carbonyl (C=O) groups excluding carboxylic acids is 1. The Morgan fingerprint density at radius 3 is 1.91 bits per heavy atom. The number of hydrogen-bond acceptors (Lipinski definition) is 5. The van der Waals surface area contributed by atoms with Crippen LogP contribution in [0, 0.1) is 0 Å². The second-order valence-electron chi connectivity index (χ2n) is 11.8. The topological polar surface area (TPSA) is 105 Å². The molecule has 0 saturated heterocycles. The Morgan fingerprint density at radius 2 is 1.36 bits per heavy atom. The average Bonchev–Trinajstić information content (AvgIpc) is 2.95. The summed E-state index contributed by atoms with van der Waals surface area (Å²) in [7, 11) is 1.52. The van der Waals surface area contributed by atoms with Gasteiger partial charge in [0.05, 0.1) is 39.9 Å². The Bertz CT molecular complexity index is 949. The molecular formula is C35H62N2O6P+. The Morgan fingerprint density at radius 1 is 0.795 bits per heavy atom. The molecule has 8 nitrogen and oxygen atoms in total.